The first-order valence-corrected chi connectivity index (χ1v) is 11.6. The smallest absolute Gasteiger partial charge is 0.416 e. The predicted molar refractivity (Wildman–Crippen MR) is 118 cm³/mol. The fourth-order valence-corrected chi connectivity index (χ4v) is 4.81. The topological polar surface area (TPSA) is 67.9 Å². The molecule has 1 amide bonds. The number of methoxy groups -OCH3 is 1. The van der Waals surface area contributed by atoms with Crippen molar-refractivity contribution in [3.63, 3.8) is 0 Å². The molecular formula is C23H24F4N2O4S. The number of rotatable bonds is 8. The Bertz CT molecular complexity index is 1020. The molecule has 34 heavy (non-hydrogen) atoms. The maximum Gasteiger partial charge on any atom is 0.416 e. The molecule has 1 heterocycles. The van der Waals surface area contributed by atoms with Gasteiger partial charge in [-0.25, -0.2) is 4.39 Å². The van der Waals surface area contributed by atoms with Crippen molar-refractivity contribution >= 4 is 24.1 Å². The minimum absolute atomic E-state index is 0.0178. The van der Waals surface area contributed by atoms with Crippen LogP contribution in [0, 0.1) is 5.82 Å². The van der Waals surface area contributed by atoms with Gasteiger partial charge in [-0.15, -0.1) is 11.8 Å². The molecule has 2 aromatic carbocycles. The summed E-state index contributed by atoms with van der Waals surface area (Å²) in [7, 11) is 1.19. The highest BCUT2D eigenvalue weighted by atomic mass is 32.2. The highest BCUT2D eigenvalue weighted by Crippen LogP contribution is 2.39. The van der Waals surface area contributed by atoms with E-state index in [-0.39, 0.29) is 29.5 Å². The minimum atomic E-state index is -4.61. The monoisotopic (exact) mass is 500 g/mol. The molecule has 1 N–H and O–H groups in total. The lowest BCUT2D eigenvalue weighted by Gasteiger charge is -2.43. The summed E-state index contributed by atoms with van der Waals surface area (Å²) in [6.45, 7) is 1.08. The maximum atomic E-state index is 14.1. The Morgan fingerprint density at radius 3 is 2.68 bits per heavy atom. The zero-order chi connectivity index (χ0) is 24.9. The molecule has 3 rings (SSSR count). The van der Waals surface area contributed by atoms with Crippen LogP contribution >= 0.6 is 11.8 Å². The quantitative estimate of drug-likeness (QED) is 0.329. The number of carbonyl (C=O) groups excluding carboxylic acids is 2. The Morgan fingerprint density at radius 2 is 2.06 bits per heavy atom. The van der Waals surface area contributed by atoms with E-state index in [1.165, 1.54) is 25.3 Å². The van der Waals surface area contributed by atoms with Gasteiger partial charge in [0.1, 0.15) is 18.3 Å². The van der Waals surface area contributed by atoms with Crippen LogP contribution in [0.5, 0.6) is 5.75 Å². The number of thioether (sulfide) groups is 1. The van der Waals surface area contributed by atoms with Crippen LogP contribution in [0.2, 0.25) is 0 Å². The van der Waals surface area contributed by atoms with E-state index in [1.807, 2.05) is 0 Å². The molecule has 1 fully saturated rings. The van der Waals surface area contributed by atoms with Gasteiger partial charge in [-0.2, -0.15) is 13.2 Å². The summed E-state index contributed by atoms with van der Waals surface area (Å²) in [5.74, 6) is -1.37. The Kier molecular flexibility index (Phi) is 8.09. The van der Waals surface area contributed by atoms with Crippen molar-refractivity contribution in [2.75, 3.05) is 33.2 Å². The van der Waals surface area contributed by atoms with E-state index in [0.717, 1.165) is 23.9 Å². The van der Waals surface area contributed by atoms with Crippen molar-refractivity contribution in [3.8, 4) is 5.75 Å². The second-order valence-electron chi connectivity index (χ2n) is 7.85. The van der Waals surface area contributed by atoms with Crippen molar-refractivity contribution in [1.82, 2.24) is 10.2 Å². The fourth-order valence-electron chi connectivity index (χ4n) is 4.17. The molecule has 1 atom stereocenters. The number of benzene rings is 2. The largest absolute Gasteiger partial charge is 0.496 e. The normalized spacial score (nSPS) is 18.9. The molecule has 2 aromatic rings. The number of hydrogen-bond donors (Lipinski definition) is 1. The van der Waals surface area contributed by atoms with Gasteiger partial charge in [0.2, 0.25) is 0 Å². The van der Waals surface area contributed by atoms with Gasteiger partial charge in [0.15, 0.2) is 0 Å². The van der Waals surface area contributed by atoms with E-state index < -0.39 is 29.0 Å². The molecule has 0 spiro atoms. The summed E-state index contributed by atoms with van der Waals surface area (Å²) in [4.78, 5) is 26.1. The number of nitrogens with one attached hydrogen (secondary N) is 1. The van der Waals surface area contributed by atoms with Crippen LogP contribution in [0.4, 0.5) is 17.6 Å². The average molecular weight is 501 g/mol. The number of amides is 1. The summed E-state index contributed by atoms with van der Waals surface area (Å²) < 4.78 is 64.2. The number of halogens is 4. The summed E-state index contributed by atoms with van der Waals surface area (Å²) in [6, 6.07) is 7.47. The molecule has 0 radical (unpaired) electrons. The molecule has 0 aromatic heterocycles. The minimum Gasteiger partial charge on any atom is -0.496 e. The van der Waals surface area contributed by atoms with Crippen LogP contribution in [-0.4, -0.2) is 50.5 Å². The van der Waals surface area contributed by atoms with Crippen LogP contribution in [0.1, 0.15) is 34.3 Å². The maximum absolute atomic E-state index is 14.1. The first-order chi connectivity index (χ1) is 16.1. The summed E-state index contributed by atoms with van der Waals surface area (Å²) in [6.07, 6.45) is -2.01. The molecule has 184 valence electrons. The second-order valence-corrected chi connectivity index (χ2v) is 8.70. The zero-order valence-electron chi connectivity index (χ0n) is 18.6. The van der Waals surface area contributed by atoms with Crippen LogP contribution in [0.3, 0.4) is 0 Å². The first-order valence-electron chi connectivity index (χ1n) is 10.3. The summed E-state index contributed by atoms with van der Waals surface area (Å²) >= 11 is 0.984. The molecule has 1 unspecified atom stereocenters. The van der Waals surface area contributed by atoms with Gasteiger partial charge in [-0.1, -0.05) is 12.1 Å². The Morgan fingerprint density at radius 1 is 1.29 bits per heavy atom. The average Bonchev–Trinajstić information content (AvgIpc) is 2.81. The lowest BCUT2D eigenvalue weighted by Crippen LogP contribution is -2.56. The Labute approximate surface area is 198 Å². The molecule has 6 nitrogen and oxygen atoms in total. The molecule has 0 bridgehead atoms. The highest BCUT2D eigenvalue weighted by molar-refractivity contribution is 7.98. The molecule has 1 saturated heterocycles. The van der Waals surface area contributed by atoms with Gasteiger partial charge < -0.3 is 14.8 Å². The van der Waals surface area contributed by atoms with Crippen LogP contribution < -0.4 is 10.1 Å². The van der Waals surface area contributed by atoms with Gasteiger partial charge >= 0.3 is 6.18 Å². The number of piperidine rings is 1. The first kappa shape index (κ1) is 25.8. The third-order valence-corrected chi connectivity index (χ3v) is 6.45. The van der Waals surface area contributed by atoms with E-state index in [2.05, 4.69) is 5.32 Å². The van der Waals surface area contributed by atoms with Gasteiger partial charge in [0.05, 0.1) is 23.8 Å². The van der Waals surface area contributed by atoms with Gasteiger partial charge in [-0.3, -0.25) is 14.5 Å². The second kappa shape index (κ2) is 10.6. The summed E-state index contributed by atoms with van der Waals surface area (Å²) in [5, 5.41) is 2.94. The van der Waals surface area contributed by atoms with Crippen LogP contribution in [-0.2, 0) is 21.2 Å². The van der Waals surface area contributed by atoms with Crippen molar-refractivity contribution in [1.29, 1.82) is 0 Å². The predicted octanol–water partition coefficient (Wildman–Crippen LogP) is 4.43. The molecule has 0 aliphatic carbocycles. The summed E-state index contributed by atoms with van der Waals surface area (Å²) in [5.41, 5.74) is -1.55. The molecule has 1 aliphatic heterocycles. The molecule has 0 saturated carbocycles. The molecule has 11 heteroatoms. The lowest BCUT2D eigenvalue weighted by molar-refractivity contribution is -0.138. The molecular weight excluding hydrogens is 476 g/mol. The van der Waals surface area contributed by atoms with Gasteiger partial charge in [0.25, 0.3) is 12.4 Å². The van der Waals surface area contributed by atoms with Crippen molar-refractivity contribution < 1.29 is 36.6 Å². The number of nitrogens with zero attached hydrogens (tertiary/aromatic N) is 1. The van der Waals surface area contributed by atoms with Gasteiger partial charge in [0, 0.05) is 18.0 Å². The molecule has 1 aliphatic rings. The van der Waals surface area contributed by atoms with Crippen LogP contribution in [0.15, 0.2) is 41.3 Å². The van der Waals surface area contributed by atoms with E-state index in [4.69, 9.17) is 9.47 Å². The third kappa shape index (κ3) is 5.64. The zero-order valence-corrected chi connectivity index (χ0v) is 19.4. The standard InChI is InChI=1S/C23H24F4N2O4S/c1-32-18-10-16(23(25,26)27)11-19(34-2)20(18)21(31)28-22(15-5-3-6-17(24)9-15)7-4-8-29(12-22)13-33-14-30/h3,5-6,9-11,14H,4,7-8,12-13H2,1-2H3,(H,28,31). The number of alkyl halides is 3. The Balaban J connectivity index is 2.05. The number of ether oxygens (including phenoxy) is 2. The van der Waals surface area contributed by atoms with Crippen molar-refractivity contribution in [2.45, 2.75) is 29.5 Å². The van der Waals surface area contributed by atoms with E-state index in [9.17, 15) is 27.2 Å². The fraction of sp³-hybridized carbons (Fsp3) is 0.391. The van der Waals surface area contributed by atoms with E-state index in [0.29, 0.717) is 31.4 Å². The number of carbonyl (C=O) groups is 2. The Hall–Kier alpha value is -2.79. The number of likely N-dealkylation sites (tertiary alicyclic amines) is 1. The van der Waals surface area contributed by atoms with Crippen molar-refractivity contribution in [2.24, 2.45) is 0 Å². The lowest BCUT2D eigenvalue weighted by atomic mass is 9.82. The SMILES string of the molecule is COc1cc(C(F)(F)F)cc(SC)c1C(=O)NC1(c2cccc(F)c2)CCCN(COC=O)C1. The van der Waals surface area contributed by atoms with Crippen molar-refractivity contribution in [3.05, 3.63) is 58.9 Å². The third-order valence-electron chi connectivity index (χ3n) is 5.69. The van der Waals surface area contributed by atoms with E-state index >= 15 is 0 Å². The van der Waals surface area contributed by atoms with E-state index in [1.54, 1.807) is 17.2 Å². The van der Waals surface area contributed by atoms with Gasteiger partial charge in [-0.05, 0) is 48.9 Å². The number of hydrogen-bond acceptors (Lipinski definition) is 6. The highest BCUT2D eigenvalue weighted by Gasteiger charge is 2.40. The van der Waals surface area contributed by atoms with Crippen LogP contribution in [0.25, 0.3) is 0 Å².